The number of primary sulfonamides is 1. The molecule has 25 nitrogen and oxygen atoms in total. The van der Waals surface area contributed by atoms with Crippen LogP contribution in [0.3, 0.4) is 0 Å². The van der Waals surface area contributed by atoms with Crippen LogP contribution in [0.15, 0.2) is 224 Å². The molecule has 27 heteroatoms. The number of hydrogen-bond acceptors (Lipinski definition) is 22. The van der Waals surface area contributed by atoms with Gasteiger partial charge in [-0.3, -0.25) is 39.7 Å². The molecule has 23 rings (SSSR count). The number of aromatic carboxylic acids is 1. The molecule has 7 aromatic carbocycles. The van der Waals surface area contributed by atoms with E-state index < -0.39 is 32.9 Å². The monoisotopic (exact) mass is 1950 g/mol. The number of hydrogen-bond donors (Lipinski definition) is 4. The molecular formula is C116H124N9NaO16S. The van der Waals surface area contributed by atoms with Gasteiger partial charge in [0.1, 0.15) is 62.7 Å². The zero-order valence-corrected chi connectivity index (χ0v) is 84.4. The first-order valence-corrected chi connectivity index (χ1v) is 51.9. The van der Waals surface area contributed by atoms with Gasteiger partial charge < -0.3 is 49.6 Å². The van der Waals surface area contributed by atoms with E-state index in [1.54, 1.807) is 64.1 Å². The van der Waals surface area contributed by atoms with Crippen molar-refractivity contribution in [1.29, 1.82) is 0 Å². The third kappa shape index (κ3) is 25.1. The van der Waals surface area contributed by atoms with Crippen LogP contribution in [-0.2, 0) is 48.3 Å². The van der Waals surface area contributed by atoms with Crippen LogP contribution in [-0.4, -0.2) is 138 Å². The molecule has 736 valence electrons. The Kier molecular flexibility index (Phi) is 33.7. The molecule has 9 aliphatic carbocycles. The zero-order chi connectivity index (χ0) is 97.0. The molecule has 0 amide bonds. The van der Waals surface area contributed by atoms with Gasteiger partial charge in [0.25, 0.3) is 5.69 Å². The summed E-state index contributed by atoms with van der Waals surface area (Å²) in [5, 5.41) is 32.5. The Balaban J connectivity index is 0.000000127. The molecule has 13 aliphatic rings. The number of benzene rings is 7. The number of Topliss-reactive ketones (excluding diaryl/α,β-unsaturated/α-hetero) is 1. The van der Waals surface area contributed by atoms with Gasteiger partial charge in [-0.15, -0.1) is 0 Å². The van der Waals surface area contributed by atoms with Crippen LogP contribution in [0.1, 0.15) is 298 Å². The number of carbonyl (C=O) groups excluding carboxylic acids is 3. The van der Waals surface area contributed by atoms with E-state index >= 15 is 0 Å². The Morgan fingerprint density at radius 1 is 0.510 bits per heavy atom. The van der Waals surface area contributed by atoms with Gasteiger partial charge in [0.2, 0.25) is 10.0 Å². The van der Waals surface area contributed by atoms with E-state index in [1.807, 2.05) is 78.9 Å². The van der Waals surface area contributed by atoms with Crippen LogP contribution in [0.5, 0.6) is 34.5 Å². The fourth-order valence-electron chi connectivity index (χ4n) is 21.8. The van der Waals surface area contributed by atoms with Crippen molar-refractivity contribution >= 4 is 80.0 Å². The number of rotatable bonds is 25. The number of pyridine rings is 3. The minimum atomic E-state index is -3.96. The van der Waals surface area contributed by atoms with E-state index in [2.05, 4.69) is 145 Å². The average molecular weight is 1960 g/mol. The van der Waals surface area contributed by atoms with Crippen LogP contribution in [0.25, 0.3) is 34.9 Å². The predicted octanol–water partition coefficient (Wildman–Crippen LogP) is 20.9. The molecule has 3 saturated carbocycles. The maximum atomic E-state index is 12.6. The van der Waals surface area contributed by atoms with E-state index in [4.69, 9.17) is 33.6 Å². The maximum Gasteiger partial charge on any atom is 1.00 e. The van der Waals surface area contributed by atoms with E-state index in [-0.39, 0.29) is 57.0 Å². The number of nitro groups is 1. The largest absolute Gasteiger partial charge is 1.00 e. The van der Waals surface area contributed by atoms with Crippen molar-refractivity contribution in [2.45, 2.75) is 220 Å². The molecule has 7 heterocycles. The predicted molar refractivity (Wildman–Crippen MR) is 549 cm³/mol. The standard InChI is InChI=1S/C35H36N2O3.C34H34N2O3.C22H19NO4.C13H17N.C12H17N3O5S.Na.H2O/c1-39-35(38)31-18-15-25(21-34(31)40-28-20-26-6-4-9-32(26)36-22-28)23-13-16-27(17-14-23)37-19-5-10-33(37)30-8-3-2-7-29(30)24-11-12-24;37-34(38)30-17-14-24(20-33(30)39-27-19-25-5-3-8-31(25)35-21-27)22-12-15-26(16-13-22)36-18-4-9-32(36)29-7-2-1-6-28(29)23-10-11-23;1-26-22(25)19-10-7-15(14-5-8-17(24)9-6-14)12-21(19)27-18-11-16-3-2-4-20(16)23-13-18;1-2-5-12(13-6-3-9-14-13)11(4-1)10-7-8-10;13-21(18,19)10-1-2-11(12(7-10)15(16)17)14-8-9-3-5-20-6-4-9;;/h2-4,6-8,13,15,18,20-22,24,27,33H,5,9-12,14,16-17,19H2,1H3;1-3,5-7,12,14,17,19-21,23,26,32H,4,8-11,13,15-16,18H2,(H,37,38);2-3,5,7,10-13H,4,6,8-9H2,1H3;1-2,4-5,10,13-14H,3,6-9H2;1-2,7,9,14H,3-6,8H2,(H2,13,18,19);;1H2/q;;;;;+1;/p-1. The minimum absolute atomic E-state index is 0. The number of sulfonamides is 1. The molecule has 6 N–H and O–H groups in total. The van der Waals surface area contributed by atoms with Crippen LogP contribution in [0.4, 0.5) is 11.4 Å². The van der Waals surface area contributed by atoms with Gasteiger partial charge in [0.05, 0.1) is 59.7 Å². The van der Waals surface area contributed by atoms with Crippen molar-refractivity contribution in [3.63, 3.8) is 0 Å². The molecule has 0 bridgehead atoms. The Hall–Kier alpha value is -12.2. The number of carboxylic acid groups (broad SMARTS) is 1. The van der Waals surface area contributed by atoms with Gasteiger partial charge in [0.15, 0.2) is 0 Å². The Bertz CT molecular complexity index is 6690. The van der Waals surface area contributed by atoms with Gasteiger partial charge in [-0.2, -0.15) is 0 Å². The normalized spacial score (nSPS) is 20.3. The number of methoxy groups -OCH3 is 2. The number of nitrogens with one attached hydrogen (secondary N) is 2. The third-order valence-corrected chi connectivity index (χ3v) is 30.6. The maximum absolute atomic E-state index is 12.6. The van der Waals surface area contributed by atoms with Crippen LogP contribution >= 0.6 is 0 Å². The number of nitrogens with zero attached hydrogens (tertiary/aromatic N) is 6. The second-order valence-electron chi connectivity index (χ2n) is 39.0. The zero-order valence-electron chi connectivity index (χ0n) is 81.6. The number of esters is 2. The molecule has 7 fully saturated rings. The first-order chi connectivity index (χ1) is 68.8. The second-order valence-corrected chi connectivity index (χ2v) is 40.6. The van der Waals surface area contributed by atoms with Crippen molar-refractivity contribution in [3.8, 4) is 34.5 Å². The number of nitro benzene ring substituents is 1. The SMILES string of the molecule is COC(=O)c1ccc(C2=CCC(=O)CC2)cc1Oc1cnc2c(c1)C=CC2.COC(=O)c1ccc(C2=CCC(N3CCCC3c3ccccc3C3CC3)CC2)cc1Oc1cnc2c(c1)C=CC2.NS(=O)(=O)c1ccc(NCC2CCOCC2)c([N+](=O)[O-])c1.O=C(O)c1ccc(C2=CCC(N3CCCC3c3ccccc3C3CC3)CC2)cc1Oc1cnc2c(c1)C=CC2.[Na+].[OH-].c1ccc(C2CCCN2)c(C2CC2)c1. The molecule has 5 atom stereocenters. The van der Waals surface area contributed by atoms with Gasteiger partial charge >= 0.3 is 47.5 Å². The number of ether oxygens (including phenoxy) is 6. The van der Waals surface area contributed by atoms with Crippen molar-refractivity contribution in [2.24, 2.45) is 11.1 Å². The number of nitrogens with two attached hydrogens (primary N) is 1. The number of likely N-dealkylation sites (tertiary alicyclic amines) is 2. The number of anilines is 1. The molecule has 4 saturated heterocycles. The topological polar surface area (TPSA) is 346 Å². The number of aromatic nitrogens is 3. The summed E-state index contributed by atoms with van der Waals surface area (Å²) in [5.74, 6) is 4.25. The van der Waals surface area contributed by atoms with Crippen molar-refractivity contribution in [3.05, 3.63) is 329 Å². The van der Waals surface area contributed by atoms with Crippen molar-refractivity contribution in [2.75, 3.05) is 58.9 Å². The summed E-state index contributed by atoms with van der Waals surface area (Å²) in [5.41, 5.74) is 23.4. The smallest absolute Gasteiger partial charge is 0.870 e. The first-order valence-electron chi connectivity index (χ1n) is 50.3. The third-order valence-electron chi connectivity index (χ3n) is 29.7. The van der Waals surface area contributed by atoms with Crippen LogP contribution < -0.4 is 59.5 Å². The Morgan fingerprint density at radius 2 is 0.944 bits per heavy atom. The summed E-state index contributed by atoms with van der Waals surface area (Å²) in [6.07, 6.45) is 52.4. The van der Waals surface area contributed by atoms with E-state index in [0.29, 0.717) is 126 Å². The van der Waals surface area contributed by atoms with Gasteiger partial charge in [-0.1, -0.05) is 146 Å². The number of carbonyl (C=O) groups is 4. The van der Waals surface area contributed by atoms with Crippen LogP contribution in [0.2, 0.25) is 0 Å². The summed E-state index contributed by atoms with van der Waals surface area (Å²) < 4.78 is 56.1. The fourth-order valence-corrected chi connectivity index (χ4v) is 22.3. The van der Waals surface area contributed by atoms with Gasteiger partial charge in [0, 0.05) is 88.1 Å². The van der Waals surface area contributed by atoms with Crippen molar-refractivity contribution in [1.82, 2.24) is 30.1 Å². The summed E-state index contributed by atoms with van der Waals surface area (Å²) in [6.45, 7) is 5.53. The molecule has 0 radical (unpaired) electrons. The second kappa shape index (κ2) is 47.1. The number of fused-ring (bicyclic) bond motifs is 3. The quantitative estimate of drug-likeness (QED) is 0.0179. The molecule has 4 aliphatic heterocycles. The number of carboxylic acids is 1. The van der Waals surface area contributed by atoms with E-state index in [0.717, 1.165) is 150 Å². The summed E-state index contributed by atoms with van der Waals surface area (Å²) in [6, 6.07) is 56.4. The molecule has 0 spiro atoms. The number of ketones is 1. The number of allylic oxidation sites excluding steroid dienone is 7. The van der Waals surface area contributed by atoms with Gasteiger partial charge in [-0.25, -0.2) is 27.9 Å². The summed E-state index contributed by atoms with van der Waals surface area (Å²) >= 11 is 0. The summed E-state index contributed by atoms with van der Waals surface area (Å²) in [4.78, 5) is 77.3. The molecule has 3 aromatic heterocycles. The van der Waals surface area contributed by atoms with E-state index in [1.165, 1.54) is 134 Å². The van der Waals surface area contributed by atoms with Gasteiger partial charge in [-0.05, 0) is 328 Å². The molecule has 10 aromatic rings. The molecule has 143 heavy (non-hydrogen) atoms. The first kappa shape index (κ1) is 102. The van der Waals surface area contributed by atoms with E-state index in [9.17, 15) is 42.8 Å². The molecule has 5 unspecified atom stereocenters. The fraction of sp³-hybridized carbons (Fsp3) is 0.371. The molecular weight excluding hydrogens is 1830 g/mol. The van der Waals surface area contributed by atoms with Crippen molar-refractivity contribution < 1.29 is 101 Å². The van der Waals surface area contributed by atoms with Crippen LogP contribution in [0, 0.1) is 16.0 Å². The average Bonchev–Trinajstić information content (AvgIpc) is 1.65. The Morgan fingerprint density at radius 3 is 1.34 bits per heavy atom. The Labute approximate surface area is 858 Å². The summed E-state index contributed by atoms with van der Waals surface area (Å²) in [7, 11) is -1.21. The minimum Gasteiger partial charge on any atom is -0.870 e.